The normalized spacial score (nSPS) is 21.6. The highest BCUT2D eigenvalue weighted by Gasteiger charge is 2.26. The average Bonchev–Trinajstić information content (AvgIpc) is 2.30. The molecule has 0 aliphatic heterocycles. The molecule has 3 heteroatoms. The summed E-state index contributed by atoms with van der Waals surface area (Å²) in [5.41, 5.74) is 1.19. The van der Waals surface area contributed by atoms with E-state index >= 15 is 0 Å². The molecule has 2 rings (SSSR count). The molecule has 1 aromatic carbocycles. The highest BCUT2D eigenvalue weighted by molar-refractivity contribution is 7.92. The molecule has 0 fully saturated rings. The number of hydrogen-bond donors (Lipinski definition) is 0. The van der Waals surface area contributed by atoms with Gasteiger partial charge in [0.05, 0.1) is 10.1 Å². The molecule has 0 aromatic heterocycles. The highest BCUT2D eigenvalue weighted by Crippen LogP contribution is 2.26. The van der Waals surface area contributed by atoms with Crippen LogP contribution in [0.1, 0.15) is 26.2 Å². The second-order valence-electron chi connectivity index (χ2n) is 4.30. The number of rotatable bonds is 2. The molecule has 0 N–H and O–H groups in total. The zero-order valence-corrected chi connectivity index (χ0v) is 10.2. The zero-order chi connectivity index (χ0) is 11.6. The summed E-state index contributed by atoms with van der Waals surface area (Å²) in [4.78, 5) is 0.436. The van der Waals surface area contributed by atoms with Crippen LogP contribution in [0.2, 0.25) is 0 Å². The molecule has 1 aromatic rings. The Kier molecular flexibility index (Phi) is 3.15. The highest BCUT2D eigenvalue weighted by atomic mass is 32.2. The Hall–Kier alpha value is -1.09. The lowest BCUT2D eigenvalue weighted by Gasteiger charge is -2.19. The molecular formula is C13H16O2S. The van der Waals surface area contributed by atoms with Crippen LogP contribution in [0.15, 0.2) is 46.9 Å². The van der Waals surface area contributed by atoms with Crippen LogP contribution < -0.4 is 0 Å². The zero-order valence-electron chi connectivity index (χ0n) is 9.39. The third-order valence-corrected chi connectivity index (χ3v) is 5.10. The minimum Gasteiger partial charge on any atom is -0.223 e. The predicted octanol–water partition coefficient (Wildman–Crippen LogP) is 2.96. The fourth-order valence-corrected chi connectivity index (χ4v) is 3.87. The molecule has 0 saturated carbocycles. The molecular weight excluding hydrogens is 220 g/mol. The van der Waals surface area contributed by atoms with Gasteiger partial charge in [0.1, 0.15) is 0 Å². The lowest BCUT2D eigenvalue weighted by Crippen LogP contribution is -2.22. The van der Waals surface area contributed by atoms with Crippen molar-refractivity contribution in [3.8, 4) is 0 Å². The first-order valence-corrected chi connectivity index (χ1v) is 7.11. The summed E-state index contributed by atoms with van der Waals surface area (Å²) in [5.74, 6) is 0. The first-order valence-electron chi connectivity index (χ1n) is 5.57. The summed E-state index contributed by atoms with van der Waals surface area (Å²) in [5, 5.41) is -0.330. The molecule has 2 nitrogen and oxygen atoms in total. The van der Waals surface area contributed by atoms with Gasteiger partial charge in [0.25, 0.3) is 0 Å². The minimum absolute atomic E-state index is 0.330. The molecule has 0 heterocycles. The van der Waals surface area contributed by atoms with Gasteiger partial charge in [-0.05, 0) is 38.3 Å². The van der Waals surface area contributed by atoms with Crippen LogP contribution in [0, 0.1) is 0 Å². The monoisotopic (exact) mass is 236 g/mol. The van der Waals surface area contributed by atoms with Gasteiger partial charge in [-0.15, -0.1) is 0 Å². The number of hydrogen-bond acceptors (Lipinski definition) is 2. The van der Waals surface area contributed by atoms with E-state index in [2.05, 4.69) is 0 Å². The first kappa shape index (κ1) is 11.4. The van der Waals surface area contributed by atoms with Crippen LogP contribution in [-0.2, 0) is 9.84 Å². The maximum atomic E-state index is 12.3. The molecule has 0 amide bonds. The largest absolute Gasteiger partial charge is 0.223 e. The molecule has 0 radical (unpaired) electrons. The van der Waals surface area contributed by atoms with Gasteiger partial charge in [-0.3, -0.25) is 0 Å². The Morgan fingerprint density at radius 2 is 1.88 bits per heavy atom. The fraction of sp³-hybridized carbons (Fsp3) is 0.385. The van der Waals surface area contributed by atoms with Gasteiger partial charge in [-0.25, -0.2) is 8.42 Å². The second-order valence-corrected chi connectivity index (χ2v) is 6.47. The van der Waals surface area contributed by atoms with Crippen molar-refractivity contribution in [2.75, 3.05) is 0 Å². The molecule has 0 saturated heterocycles. The van der Waals surface area contributed by atoms with Crippen molar-refractivity contribution in [2.24, 2.45) is 0 Å². The van der Waals surface area contributed by atoms with Gasteiger partial charge in [0, 0.05) is 0 Å². The van der Waals surface area contributed by atoms with Crippen LogP contribution >= 0.6 is 0 Å². The Morgan fingerprint density at radius 1 is 1.19 bits per heavy atom. The molecule has 1 unspecified atom stereocenters. The van der Waals surface area contributed by atoms with Crippen molar-refractivity contribution < 1.29 is 8.42 Å². The van der Waals surface area contributed by atoms with Crippen molar-refractivity contribution >= 4 is 9.84 Å². The van der Waals surface area contributed by atoms with Crippen molar-refractivity contribution in [1.29, 1.82) is 0 Å². The summed E-state index contributed by atoms with van der Waals surface area (Å²) >= 11 is 0. The van der Waals surface area contributed by atoms with Crippen molar-refractivity contribution in [1.82, 2.24) is 0 Å². The number of benzene rings is 1. The smallest absolute Gasteiger partial charge is 0.184 e. The van der Waals surface area contributed by atoms with Gasteiger partial charge in [-0.2, -0.15) is 0 Å². The molecule has 1 aliphatic carbocycles. The first-order chi connectivity index (χ1) is 7.60. The van der Waals surface area contributed by atoms with Crippen molar-refractivity contribution in [3.05, 3.63) is 42.0 Å². The van der Waals surface area contributed by atoms with Crippen molar-refractivity contribution in [3.63, 3.8) is 0 Å². The Morgan fingerprint density at radius 3 is 2.50 bits per heavy atom. The minimum atomic E-state index is -3.17. The van der Waals surface area contributed by atoms with Crippen LogP contribution in [0.3, 0.4) is 0 Å². The summed E-state index contributed by atoms with van der Waals surface area (Å²) in [6, 6.07) is 8.72. The van der Waals surface area contributed by atoms with Gasteiger partial charge < -0.3 is 0 Å². The summed E-state index contributed by atoms with van der Waals surface area (Å²) in [6.07, 6.45) is 4.65. The van der Waals surface area contributed by atoms with Crippen molar-refractivity contribution in [2.45, 2.75) is 36.3 Å². The lowest BCUT2D eigenvalue weighted by molar-refractivity contribution is 0.574. The van der Waals surface area contributed by atoms with E-state index in [1.54, 1.807) is 24.3 Å². The Bertz CT molecular complexity index is 486. The third kappa shape index (κ3) is 2.19. The fourth-order valence-electron chi connectivity index (χ4n) is 2.10. The quantitative estimate of drug-likeness (QED) is 0.740. The average molecular weight is 236 g/mol. The van der Waals surface area contributed by atoms with E-state index < -0.39 is 9.84 Å². The van der Waals surface area contributed by atoms with Gasteiger partial charge in [-0.1, -0.05) is 29.8 Å². The molecule has 0 spiro atoms. The number of allylic oxidation sites excluding steroid dienone is 1. The summed E-state index contributed by atoms with van der Waals surface area (Å²) in [7, 11) is -3.17. The maximum absolute atomic E-state index is 12.3. The molecule has 86 valence electrons. The summed E-state index contributed by atoms with van der Waals surface area (Å²) in [6.45, 7) is 2.01. The van der Waals surface area contributed by atoms with Gasteiger partial charge >= 0.3 is 0 Å². The van der Waals surface area contributed by atoms with Crippen LogP contribution in [0.5, 0.6) is 0 Å². The van der Waals surface area contributed by atoms with Gasteiger partial charge in [0.15, 0.2) is 9.84 Å². The van der Waals surface area contributed by atoms with E-state index in [1.165, 1.54) is 5.57 Å². The predicted molar refractivity (Wildman–Crippen MR) is 65.0 cm³/mol. The van der Waals surface area contributed by atoms with Crippen LogP contribution in [0.25, 0.3) is 0 Å². The van der Waals surface area contributed by atoms with Crippen LogP contribution in [0.4, 0.5) is 0 Å². The van der Waals surface area contributed by atoms with E-state index in [0.717, 1.165) is 19.3 Å². The van der Waals surface area contributed by atoms with E-state index in [0.29, 0.717) is 4.90 Å². The van der Waals surface area contributed by atoms with Gasteiger partial charge in [0.2, 0.25) is 0 Å². The summed E-state index contributed by atoms with van der Waals surface area (Å²) < 4.78 is 24.6. The second kappa shape index (κ2) is 4.42. The van der Waals surface area contributed by atoms with E-state index in [-0.39, 0.29) is 5.25 Å². The SMILES string of the molecule is CC1=CC(S(=O)(=O)c2ccccc2)CCC1. The lowest BCUT2D eigenvalue weighted by atomic mass is 10.0. The molecule has 1 atom stereocenters. The standard InChI is InChI=1S/C13H16O2S/c1-11-6-5-9-13(10-11)16(14,15)12-7-3-2-4-8-12/h2-4,7-8,10,13H,5-6,9H2,1H3. The van der Waals surface area contributed by atoms with E-state index in [4.69, 9.17) is 0 Å². The maximum Gasteiger partial charge on any atom is 0.184 e. The van der Waals surface area contributed by atoms with E-state index in [9.17, 15) is 8.42 Å². The topological polar surface area (TPSA) is 34.1 Å². The Labute approximate surface area is 96.9 Å². The molecule has 1 aliphatic rings. The molecule has 0 bridgehead atoms. The number of sulfone groups is 1. The van der Waals surface area contributed by atoms with E-state index in [1.807, 2.05) is 19.1 Å². The Balaban J connectivity index is 2.37. The third-order valence-electron chi connectivity index (χ3n) is 3.00. The molecule has 16 heavy (non-hydrogen) atoms. The van der Waals surface area contributed by atoms with Crippen LogP contribution in [-0.4, -0.2) is 13.7 Å².